The molecule has 2 aromatic rings. The first kappa shape index (κ1) is 19.5. The van der Waals surface area contributed by atoms with E-state index in [0.29, 0.717) is 28.3 Å². The van der Waals surface area contributed by atoms with Crippen molar-refractivity contribution in [2.75, 3.05) is 5.32 Å². The van der Waals surface area contributed by atoms with Gasteiger partial charge < -0.3 is 10.6 Å². The lowest BCUT2D eigenvalue weighted by atomic mass is 10.0. The third-order valence-corrected chi connectivity index (χ3v) is 3.95. The van der Waals surface area contributed by atoms with E-state index in [9.17, 15) is 9.59 Å². The summed E-state index contributed by atoms with van der Waals surface area (Å²) < 4.78 is 0. The van der Waals surface area contributed by atoms with Crippen LogP contribution in [0.5, 0.6) is 0 Å². The molecule has 0 spiro atoms. The van der Waals surface area contributed by atoms with Gasteiger partial charge in [-0.1, -0.05) is 31.5 Å². The molecule has 0 saturated carbocycles. The van der Waals surface area contributed by atoms with Gasteiger partial charge in [0.05, 0.1) is 11.6 Å². The summed E-state index contributed by atoms with van der Waals surface area (Å²) >= 11 is 5.84. The van der Waals surface area contributed by atoms with Crippen molar-refractivity contribution in [3.05, 3.63) is 64.7 Å². The number of rotatable bonds is 6. The normalized spacial score (nSPS) is 11.5. The largest absolute Gasteiger partial charge is 0.340 e. The van der Waals surface area contributed by atoms with E-state index in [1.807, 2.05) is 19.9 Å². The molecule has 0 unspecified atom stereocenters. The van der Waals surface area contributed by atoms with Crippen LogP contribution in [0.25, 0.3) is 0 Å². The van der Waals surface area contributed by atoms with Gasteiger partial charge in [0.25, 0.3) is 5.91 Å². The molecule has 5 nitrogen and oxygen atoms in total. The van der Waals surface area contributed by atoms with Crippen LogP contribution in [-0.2, 0) is 4.79 Å². The SMILES string of the molecule is CC(C)C[C@@H](NC(=O)c1ccc(Cl)cc1)C(=O)Nc1cccc(C#N)c1. The Bertz CT molecular complexity index is 826. The Morgan fingerprint density at radius 2 is 1.85 bits per heavy atom. The van der Waals surface area contributed by atoms with Gasteiger partial charge in [0.2, 0.25) is 5.91 Å². The van der Waals surface area contributed by atoms with Crippen molar-refractivity contribution >= 4 is 29.1 Å². The first-order chi connectivity index (χ1) is 12.4. The zero-order valence-electron chi connectivity index (χ0n) is 14.6. The number of carbonyl (C=O) groups is 2. The lowest BCUT2D eigenvalue weighted by molar-refractivity contribution is -0.118. The van der Waals surface area contributed by atoms with Gasteiger partial charge in [0.1, 0.15) is 6.04 Å². The van der Waals surface area contributed by atoms with Crippen LogP contribution in [0.1, 0.15) is 36.2 Å². The van der Waals surface area contributed by atoms with E-state index in [1.165, 1.54) is 0 Å². The highest BCUT2D eigenvalue weighted by Gasteiger charge is 2.22. The summed E-state index contributed by atoms with van der Waals surface area (Å²) in [4.78, 5) is 25.1. The van der Waals surface area contributed by atoms with E-state index in [0.717, 1.165) is 0 Å². The number of carbonyl (C=O) groups excluding carboxylic acids is 2. The molecule has 0 aromatic heterocycles. The lowest BCUT2D eigenvalue weighted by Crippen LogP contribution is -2.44. The molecule has 134 valence electrons. The molecule has 0 radical (unpaired) electrons. The topological polar surface area (TPSA) is 82.0 Å². The molecule has 6 heteroatoms. The number of nitrogens with one attached hydrogen (secondary N) is 2. The van der Waals surface area contributed by atoms with Crippen LogP contribution < -0.4 is 10.6 Å². The molecule has 0 heterocycles. The van der Waals surface area contributed by atoms with Crippen LogP contribution in [-0.4, -0.2) is 17.9 Å². The highest BCUT2D eigenvalue weighted by Crippen LogP contribution is 2.14. The second-order valence-corrected chi connectivity index (χ2v) is 6.78. The Labute approximate surface area is 158 Å². The zero-order valence-corrected chi connectivity index (χ0v) is 15.4. The molecule has 2 N–H and O–H groups in total. The minimum Gasteiger partial charge on any atom is -0.340 e. The molecular weight excluding hydrogens is 350 g/mol. The number of hydrogen-bond donors (Lipinski definition) is 2. The number of amides is 2. The maximum Gasteiger partial charge on any atom is 0.251 e. The summed E-state index contributed by atoms with van der Waals surface area (Å²) in [5, 5.41) is 15.0. The first-order valence-corrected chi connectivity index (χ1v) is 8.64. The van der Waals surface area contributed by atoms with Crippen molar-refractivity contribution in [3.63, 3.8) is 0 Å². The quantitative estimate of drug-likeness (QED) is 0.807. The summed E-state index contributed by atoms with van der Waals surface area (Å²) in [6.07, 6.45) is 0.489. The number of anilines is 1. The Balaban J connectivity index is 2.12. The predicted molar refractivity (Wildman–Crippen MR) is 102 cm³/mol. The molecule has 1 atom stereocenters. The lowest BCUT2D eigenvalue weighted by Gasteiger charge is -2.20. The molecule has 2 aromatic carbocycles. The van der Waals surface area contributed by atoms with Crippen LogP contribution >= 0.6 is 11.6 Å². The average molecular weight is 370 g/mol. The van der Waals surface area contributed by atoms with Crippen molar-refractivity contribution < 1.29 is 9.59 Å². The van der Waals surface area contributed by atoms with Gasteiger partial charge in [-0.15, -0.1) is 0 Å². The van der Waals surface area contributed by atoms with Crippen molar-refractivity contribution in [2.24, 2.45) is 5.92 Å². The minimum atomic E-state index is -0.691. The van der Waals surface area contributed by atoms with Crippen molar-refractivity contribution in [1.82, 2.24) is 5.32 Å². The molecular formula is C20H20ClN3O2. The summed E-state index contributed by atoms with van der Waals surface area (Å²) in [6, 6.07) is 14.4. The fraction of sp³-hybridized carbons (Fsp3) is 0.250. The van der Waals surface area contributed by atoms with E-state index in [4.69, 9.17) is 16.9 Å². The van der Waals surface area contributed by atoms with Gasteiger partial charge in [-0.05, 0) is 54.8 Å². The van der Waals surface area contributed by atoms with Gasteiger partial charge in [-0.3, -0.25) is 9.59 Å². The summed E-state index contributed by atoms with van der Waals surface area (Å²) in [5.74, 6) is -0.453. The summed E-state index contributed by atoms with van der Waals surface area (Å²) in [7, 11) is 0. The second kappa shape index (κ2) is 9.02. The number of nitrogens with zero attached hydrogens (tertiary/aromatic N) is 1. The molecule has 0 aliphatic carbocycles. The molecule has 0 aliphatic rings. The van der Waals surface area contributed by atoms with E-state index in [2.05, 4.69) is 10.6 Å². The Morgan fingerprint density at radius 3 is 2.46 bits per heavy atom. The first-order valence-electron chi connectivity index (χ1n) is 8.26. The molecule has 0 fully saturated rings. The fourth-order valence-electron chi connectivity index (χ4n) is 2.44. The molecule has 0 saturated heterocycles. The second-order valence-electron chi connectivity index (χ2n) is 6.34. The number of hydrogen-bond acceptors (Lipinski definition) is 3. The van der Waals surface area contributed by atoms with Crippen molar-refractivity contribution in [1.29, 1.82) is 5.26 Å². The fourth-order valence-corrected chi connectivity index (χ4v) is 2.57. The monoisotopic (exact) mass is 369 g/mol. The Morgan fingerprint density at radius 1 is 1.15 bits per heavy atom. The highest BCUT2D eigenvalue weighted by molar-refractivity contribution is 6.30. The molecule has 2 amide bonds. The molecule has 0 bridgehead atoms. The Hall–Kier alpha value is -2.84. The summed E-state index contributed by atoms with van der Waals surface area (Å²) in [5.41, 5.74) is 1.40. The van der Waals surface area contributed by atoms with Gasteiger partial charge in [0, 0.05) is 16.3 Å². The third kappa shape index (κ3) is 5.61. The smallest absolute Gasteiger partial charge is 0.251 e. The van der Waals surface area contributed by atoms with Crippen molar-refractivity contribution in [2.45, 2.75) is 26.3 Å². The highest BCUT2D eigenvalue weighted by atomic mass is 35.5. The number of benzene rings is 2. The summed E-state index contributed by atoms with van der Waals surface area (Å²) in [6.45, 7) is 3.95. The van der Waals surface area contributed by atoms with E-state index in [-0.39, 0.29) is 17.7 Å². The van der Waals surface area contributed by atoms with Crippen LogP contribution in [0.15, 0.2) is 48.5 Å². The van der Waals surface area contributed by atoms with Gasteiger partial charge in [-0.25, -0.2) is 0 Å². The maximum absolute atomic E-state index is 12.6. The van der Waals surface area contributed by atoms with Gasteiger partial charge in [-0.2, -0.15) is 5.26 Å². The van der Waals surface area contributed by atoms with Gasteiger partial charge in [0.15, 0.2) is 0 Å². The Kier molecular flexibility index (Phi) is 6.76. The standard InChI is InChI=1S/C20H20ClN3O2/c1-13(2)10-18(24-19(25)15-6-8-16(21)9-7-15)20(26)23-17-5-3-4-14(11-17)12-22/h3-9,11,13,18H,10H2,1-2H3,(H,23,26)(H,24,25)/t18-/m1/s1. The van der Waals surface area contributed by atoms with E-state index < -0.39 is 6.04 Å². The van der Waals surface area contributed by atoms with Crippen molar-refractivity contribution in [3.8, 4) is 6.07 Å². The van der Waals surface area contributed by atoms with Crippen LogP contribution in [0, 0.1) is 17.2 Å². The molecule has 26 heavy (non-hydrogen) atoms. The number of nitriles is 1. The predicted octanol–water partition coefficient (Wildman–Crippen LogP) is 3.99. The maximum atomic E-state index is 12.6. The molecule has 0 aliphatic heterocycles. The average Bonchev–Trinajstić information content (AvgIpc) is 2.61. The van der Waals surface area contributed by atoms with Gasteiger partial charge >= 0.3 is 0 Å². The van der Waals surface area contributed by atoms with E-state index in [1.54, 1.807) is 48.5 Å². The minimum absolute atomic E-state index is 0.210. The van der Waals surface area contributed by atoms with E-state index >= 15 is 0 Å². The van der Waals surface area contributed by atoms with Crippen LogP contribution in [0.3, 0.4) is 0 Å². The zero-order chi connectivity index (χ0) is 19.1. The van der Waals surface area contributed by atoms with Crippen LogP contribution in [0.4, 0.5) is 5.69 Å². The third-order valence-electron chi connectivity index (χ3n) is 3.69. The van der Waals surface area contributed by atoms with Crippen LogP contribution in [0.2, 0.25) is 5.02 Å². The number of halogens is 1. The molecule has 2 rings (SSSR count).